The first kappa shape index (κ1) is 16.8. The van der Waals surface area contributed by atoms with Crippen molar-refractivity contribution in [1.82, 2.24) is 4.90 Å². The van der Waals surface area contributed by atoms with Crippen molar-refractivity contribution in [3.63, 3.8) is 0 Å². The van der Waals surface area contributed by atoms with E-state index in [1.807, 2.05) is 12.1 Å². The third kappa shape index (κ3) is 3.26. The molecule has 0 aromatic heterocycles. The number of amides is 1. The van der Waals surface area contributed by atoms with Gasteiger partial charge in [-0.15, -0.1) is 0 Å². The maximum absolute atomic E-state index is 12.7. The van der Waals surface area contributed by atoms with Gasteiger partial charge in [0.25, 0.3) is 0 Å². The Balaban J connectivity index is 1.97. The lowest BCUT2D eigenvalue weighted by atomic mass is 9.94. The summed E-state index contributed by atoms with van der Waals surface area (Å²) in [6.45, 7) is 0.707. The number of carboxylic acid groups (broad SMARTS) is 1. The van der Waals surface area contributed by atoms with Gasteiger partial charge >= 0.3 is 12.3 Å². The van der Waals surface area contributed by atoms with Crippen molar-refractivity contribution in [3.05, 3.63) is 57.6 Å². The molecule has 1 amide bonds. The Bertz CT molecular complexity index is 788. The van der Waals surface area contributed by atoms with E-state index < -0.39 is 17.8 Å². The van der Waals surface area contributed by atoms with Gasteiger partial charge < -0.3 is 10.0 Å². The lowest BCUT2D eigenvalue weighted by Gasteiger charge is -2.27. The van der Waals surface area contributed by atoms with Gasteiger partial charge in [0, 0.05) is 17.6 Å². The number of hydrogen-bond donors (Lipinski definition) is 1. The molecule has 0 bridgehead atoms. The molecule has 1 aliphatic rings. The summed E-state index contributed by atoms with van der Waals surface area (Å²) in [5, 5.41) is 9.13. The minimum Gasteiger partial charge on any atom is -0.465 e. The summed E-state index contributed by atoms with van der Waals surface area (Å²) in [4.78, 5) is 12.5. The van der Waals surface area contributed by atoms with Crippen molar-refractivity contribution in [2.45, 2.75) is 19.1 Å². The summed E-state index contributed by atoms with van der Waals surface area (Å²) < 4.78 is 38.8. The average molecular weight is 400 g/mol. The number of halogens is 4. The molecule has 3 rings (SSSR count). The number of nitrogens with zero attached hydrogens (tertiary/aromatic N) is 1. The molecule has 1 N–H and O–H groups in total. The molecule has 0 saturated carbocycles. The zero-order chi connectivity index (χ0) is 17.5. The van der Waals surface area contributed by atoms with Gasteiger partial charge in [-0.2, -0.15) is 13.2 Å². The summed E-state index contributed by atoms with van der Waals surface area (Å²) in [7, 11) is 0. The molecular weight excluding hydrogens is 387 g/mol. The highest BCUT2D eigenvalue weighted by Gasteiger charge is 2.30. The summed E-state index contributed by atoms with van der Waals surface area (Å²) in [5.74, 6) is 0. The van der Waals surface area contributed by atoms with E-state index in [1.165, 1.54) is 17.0 Å². The molecule has 1 heterocycles. The Morgan fingerprint density at radius 1 is 1.12 bits per heavy atom. The van der Waals surface area contributed by atoms with Crippen LogP contribution in [0.4, 0.5) is 18.0 Å². The second-order valence-electron chi connectivity index (χ2n) is 5.62. The highest BCUT2D eigenvalue weighted by atomic mass is 79.9. The topological polar surface area (TPSA) is 40.5 Å². The molecule has 1 aliphatic heterocycles. The molecular formula is C17H13BrF3NO2. The first-order valence-corrected chi connectivity index (χ1v) is 8.02. The highest BCUT2D eigenvalue weighted by Crippen LogP contribution is 2.34. The number of fused-ring (bicyclic) bond motifs is 1. The van der Waals surface area contributed by atoms with Crippen LogP contribution in [0.25, 0.3) is 11.1 Å². The summed E-state index contributed by atoms with van der Waals surface area (Å²) in [6, 6.07) is 8.65. The molecule has 0 radical (unpaired) electrons. The van der Waals surface area contributed by atoms with E-state index in [2.05, 4.69) is 15.9 Å². The van der Waals surface area contributed by atoms with E-state index >= 15 is 0 Å². The van der Waals surface area contributed by atoms with Crippen LogP contribution >= 0.6 is 15.9 Å². The predicted octanol–water partition coefficient (Wildman–Crippen LogP) is 5.17. The third-order valence-corrected chi connectivity index (χ3v) is 4.80. The van der Waals surface area contributed by atoms with Gasteiger partial charge in [-0.25, -0.2) is 4.79 Å². The maximum Gasteiger partial charge on any atom is 0.416 e. The van der Waals surface area contributed by atoms with Crippen molar-refractivity contribution in [3.8, 4) is 11.1 Å². The molecule has 0 atom stereocenters. The molecule has 0 aliphatic carbocycles. The number of rotatable bonds is 1. The average Bonchev–Trinajstić information content (AvgIpc) is 2.53. The van der Waals surface area contributed by atoms with Crippen LogP contribution in [0, 0.1) is 0 Å². The Morgan fingerprint density at radius 3 is 2.38 bits per heavy atom. The molecule has 3 nitrogen and oxygen atoms in total. The van der Waals surface area contributed by atoms with Crippen LogP contribution in [0.5, 0.6) is 0 Å². The van der Waals surface area contributed by atoms with Gasteiger partial charge in [-0.1, -0.05) is 28.1 Å². The fourth-order valence-electron chi connectivity index (χ4n) is 2.83. The van der Waals surface area contributed by atoms with Crippen molar-refractivity contribution in [1.29, 1.82) is 0 Å². The highest BCUT2D eigenvalue weighted by molar-refractivity contribution is 9.10. The van der Waals surface area contributed by atoms with Crippen LogP contribution in [0.2, 0.25) is 0 Å². The number of hydrogen-bond acceptors (Lipinski definition) is 1. The van der Waals surface area contributed by atoms with Gasteiger partial charge in [-0.05, 0) is 52.9 Å². The Hall–Kier alpha value is -2.02. The van der Waals surface area contributed by atoms with Crippen LogP contribution in [0.1, 0.15) is 16.7 Å². The van der Waals surface area contributed by atoms with E-state index in [-0.39, 0.29) is 6.54 Å². The van der Waals surface area contributed by atoms with E-state index in [4.69, 9.17) is 5.11 Å². The first-order chi connectivity index (χ1) is 11.3. The fraction of sp³-hybridized carbons (Fsp3) is 0.235. The van der Waals surface area contributed by atoms with Gasteiger partial charge in [0.1, 0.15) is 0 Å². The lowest BCUT2D eigenvalue weighted by molar-refractivity contribution is -0.137. The Kier molecular flexibility index (Phi) is 4.29. The zero-order valence-corrected chi connectivity index (χ0v) is 14.0. The van der Waals surface area contributed by atoms with Crippen molar-refractivity contribution < 1.29 is 23.1 Å². The Labute approximate surface area is 144 Å². The predicted molar refractivity (Wildman–Crippen MR) is 86.7 cm³/mol. The van der Waals surface area contributed by atoms with Crippen LogP contribution < -0.4 is 0 Å². The quantitative estimate of drug-likeness (QED) is 0.718. The SMILES string of the molecule is O=C(O)N1CCc2c(Br)cc(-c3ccc(C(F)(F)F)cc3)cc2C1. The second kappa shape index (κ2) is 6.12. The normalized spacial score (nSPS) is 14.4. The van der Waals surface area contributed by atoms with Gasteiger partial charge in [-0.3, -0.25) is 0 Å². The van der Waals surface area contributed by atoms with E-state index in [0.717, 1.165) is 33.3 Å². The second-order valence-corrected chi connectivity index (χ2v) is 6.48. The molecule has 0 unspecified atom stereocenters. The first-order valence-electron chi connectivity index (χ1n) is 7.22. The molecule has 24 heavy (non-hydrogen) atoms. The van der Waals surface area contributed by atoms with Crippen LogP contribution in [-0.2, 0) is 19.1 Å². The fourth-order valence-corrected chi connectivity index (χ4v) is 3.53. The number of alkyl halides is 3. The third-order valence-electron chi connectivity index (χ3n) is 4.10. The largest absolute Gasteiger partial charge is 0.465 e. The smallest absolute Gasteiger partial charge is 0.416 e. The van der Waals surface area contributed by atoms with Crippen molar-refractivity contribution >= 4 is 22.0 Å². The molecule has 0 spiro atoms. The summed E-state index contributed by atoms with van der Waals surface area (Å²) in [6.07, 6.45) is -4.73. The molecule has 2 aromatic rings. The minimum absolute atomic E-state index is 0.276. The summed E-state index contributed by atoms with van der Waals surface area (Å²) in [5.41, 5.74) is 2.62. The summed E-state index contributed by atoms with van der Waals surface area (Å²) >= 11 is 3.49. The van der Waals surface area contributed by atoms with Crippen LogP contribution in [0.15, 0.2) is 40.9 Å². The zero-order valence-electron chi connectivity index (χ0n) is 12.4. The standard InChI is InChI=1S/C17H13BrF3NO2/c18-15-8-11(10-1-3-13(4-2-10)17(19,20)21)7-12-9-22(16(23)24)6-5-14(12)15/h1-4,7-8H,5-6,9H2,(H,23,24). The van der Waals surface area contributed by atoms with E-state index in [0.29, 0.717) is 18.5 Å². The molecule has 0 saturated heterocycles. The number of benzene rings is 2. The van der Waals surface area contributed by atoms with E-state index in [1.54, 1.807) is 0 Å². The minimum atomic E-state index is -4.36. The van der Waals surface area contributed by atoms with Gasteiger partial charge in [0.15, 0.2) is 0 Å². The maximum atomic E-state index is 12.7. The van der Waals surface area contributed by atoms with Gasteiger partial charge in [0.05, 0.1) is 5.56 Å². The van der Waals surface area contributed by atoms with Crippen molar-refractivity contribution in [2.24, 2.45) is 0 Å². The molecule has 2 aromatic carbocycles. The lowest BCUT2D eigenvalue weighted by Crippen LogP contribution is -2.34. The van der Waals surface area contributed by atoms with Gasteiger partial charge in [0.2, 0.25) is 0 Å². The number of carbonyl (C=O) groups is 1. The molecule has 0 fully saturated rings. The van der Waals surface area contributed by atoms with Crippen LogP contribution in [0.3, 0.4) is 0 Å². The Morgan fingerprint density at radius 2 is 1.79 bits per heavy atom. The monoisotopic (exact) mass is 399 g/mol. The van der Waals surface area contributed by atoms with Crippen molar-refractivity contribution in [2.75, 3.05) is 6.54 Å². The van der Waals surface area contributed by atoms with Crippen LogP contribution in [-0.4, -0.2) is 22.6 Å². The van der Waals surface area contributed by atoms with E-state index in [9.17, 15) is 18.0 Å². The molecule has 7 heteroatoms. The molecule has 126 valence electrons.